The molecule has 152 valence electrons. The van der Waals surface area contributed by atoms with Gasteiger partial charge in [0.15, 0.2) is 0 Å². The summed E-state index contributed by atoms with van der Waals surface area (Å²) in [5.74, 6) is -1.47. The second kappa shape index (κ2) is 8.01. The molecule has 0 unspecified atom stereocenters. The Morgan fingerprint density at radius 3 is 2.76 bits per heavy atom. The first-order valence-corrected chi connectivity index (χ1v) is 10.2. The molecule has 3 heterocycles. The lowest BCUT2D eigenvalue weighted by Crippen LogP contribution is -2.45. The van der Waals surface area contributed by atoms with Gasteiger partial charge < -0.3 is 14.0 Å². The van der Waals surface area contributed by atoms with Crippen LogP contribution in [0.1, 0.15) is 12.6 Å². The number of pyridine rings is 1. The molecule has 2 aromatic heterocycles. The average molecular weight is 485 g/mol. The van der Waals surface area contributed by atoms with Gasteiger partial charge in [-0.25, -0.2) is 13.8 Å². The molecule has 0 aliphatic carbocycles. The molecule has 1 aromatic carbocycles. The Morgan fingerprint density at radius 2 is 2.07 bits per heavy atom. The zero-order valence-corrected chi connectivity index (χ0v) is 17.8. The molecule has 0 radical (unpaired) electrons. The predicted octanol–water partition coefficient (Wildman–Crippen LogP) is 4.49. The summed E-state index contributed by atoms with van der Waals surface area (Å²) in [6, 6.07) is 5.72. The number of amides is 1. The number of rotatable bonds is 3. The Bertz CT molecular complexity index is 1080. The number of imidazole rings is 1. The first-order valence-electron chi connectivity index (χ1n) is 9.02. The van der Waals surface area contributed by atoms with Crippen LogP contribution in [0.3, 0.4) is 0 Å². The third kappa shape index (κ3) is 4.01. The molecule has 5 nitrogen and oxygen atoms in total. The van der Waals surface area contributed by atoms with E-state index in [2.05, 4.69) is 20.9 Å². The topological polar surface area (TPSA) is 46.8 Å². The van der Waals surface area contributed by atoms with E-state index in [0.717, 1.165) is 0 Å². The van der Waals surface area contributed by atoms with Crippen molar-refractivity contribution in [3.63, 3.8) is 0 Å². The second-order valence-electron chi connectivity index (χ2n) is 6.89. The van der Waals surface area contributed by atoms with Crippen LogP contribution in [-0.2, 0) is 16.0 Å². The third-order valence-electron chi connectivity index (χ3n) is 4.94. The molecule has 1 atom stereocenters. The van der Waals surface area contributed by atoms with Crippen LogP contribution in [-0.4, -0.2) is 46.0 Å². The van der Waals surface area contributed by atoms with Gasteiger partial charge in [0.05, 0.1) is 29.7 Å². The minimum absolute atomic E-state index is 0.0338. The number of benzene rings is 1. The Kier molecular flexibility index (Phi) is 5.59. The van der Waals surface area contributed by atoms with Crippen LogP contribution in [0.4, 0.5) is 8.78 Å². The standard InChI is InChI=1S/C20H17BrClF2N3O2/c1-11(28)26-4-5-29-14(10-26)9-17-20(19-15(23)6-12(21)7-16(19)24)25-18-8-13(22)2-3-27(17)18/h2-3,6-8,14H,4-5,9-10H2,1H3/t14-/m0/s1. The lowest BCUT2D eigenvalue weighted by Gasteiger charge is -2.32. The number of hydrogen-bond donors (Lipinski definition) is 0. The number of ether oxygens (including phenoxy) is 1. The largest absolute Gasteiger partial charge is 0.374 e. The van der Waals surface area contributed by atoms with E-state index < -0.39 is 11.6 Å². The Balaban J connectivity index is 1.82. The molecule has 4 rings (SSSR count). The summed E-state index contributed by atoms with van der Waals surface area (Å²) in [6.07, 6.45) is 1.73. The molecular formula is C20H17BrClF2N3O2. The number of carbonyl (C=O) groups excluding carboxylic acids is 1. The van der Waals surface area contributed by atoms with Gasteiger partial charge in [-0.15, -0.1) is 0 Å². The molecular weight excluding hydrogens is 468 g/mol. The lowest BCUT2D eigenvalue weighted by molar-refractivity contribution is -0.136. The number of carbonyl (C=O) groups is 1. The van der Waals surface area contributed by atoms with E-state index in [1.807, 2.05) is 0 Å². The van der Waals surface area contributed by atoms with Crippen LogP contribution in [0, 0.1) is 11.6 Å². The van der Waals surface area contributed by atoms with E-state index in [4.69, 9.17) is 16.3 Å². The van der Waals surface area contributed by atoms with Crippen molar-refractivity contribution < 1.29 is 18.3 Å². The summed E-state index contributed by atoms with van der Waals surface area (Å²) in [5, 5.41) is 0.467. The number of morpholine rings is 1. The van der Waals surface area contributed by atoms with Gasteiger partial charge in [0.1, 0.15) is 17.3 Å². The minimum Gasteiger partial charge on any atom is -0.374 e. The van der Waals surface area contributed by atoms with Crippen molar-refractivity contribution in [2.45, 2.75) is 19.4 Å². The normalized spacial score (nSPS) is 17.1. The van der Waals surface area contributed by atoms with E-state index in [0.29, 0.717) is 47.0 Å². The zero-order valence-electron chi connectivity index (χ0n) is 15.5. The fourth-order valence-corrected chi connectivity index (χ4v) is 4.13. The number of aromatic nitrogens is 2. The summed E-state index contributed by atoms with van der Waals surface area (Å²) < 4.78 is 37.3. The van der Waals surface area contributed by atoms with Crippen molar-refractivity contribution >= 4 is 39.1 Å². The van der Waals surface area contributed by atoms with Gasteiger partial charge in [0.25, 0.3) is 0 Å². The van der Waals surface area contributed by atoms with Crippen LogP contribution >= 0.6 is 27.5 Å². The van der Waals surface area contributed by atoms with E-state index in [9.17, 15) is 13.6 Å². The van der Waals surface area contributed by atoms with Crippen LogP contribution in [0.2, 0.25) is 5.02 Å². The predicted molar refractivity (Wildman–Crippen MR) is 109 cm³/mol. The van der Waals surface area contributed by atoms with Crippen molar-refractivity contribution in [3.05, 3.63) is 57.3 Å². The van der Waals surface area contributed by atoms with Crippen molar-refractivity contribution in [2.75, 3.05) is 19.7 Å². The fraction of sp³-hybridized carbons (Fsp3) is 0.300. The quantitative estimate of drug-likeness (QED) is 0.551. The Morgan fingerprint density at radius 1 is 1.34 bits per heavy atom. The molecule has 1 aliphatic rings. The third-order valence-corrected chi connectivity index (χ3v) is 5.63. The smallest absolute Gasteiger partial charge is 0.219 e. The number of hydrogen-bond acceptors (Lipinski definition) is 3. The first kappa shape index (κ1) is 20.3. The first-order chi connectivity index (χ1) is 13.8. The minimum atomic E-state index is -0.720. The molecule has 9 heteroatoms. The second-order valence-corrected chi connectivity index (χ2v) is 8.24. The van der Waals surface area contributed by atoms with Crippen molar-refractivity contribution in [1.29, 1.82) is 0 Å². The molecule has 1 amide bonds. The van der Waals surface area contributed by atoms with Gasteiger partial charge in [-0.05, 0) is 18.2 Å². The SMILES string of the molecule is CC(=O)N1CCO[C@@H](Cc2c(-c3c(F)cc(Br)cc3F)nc3cc(Cl)ccn23)C1. The summed E-state index contributed by atoms with van der Waals surface area (Å²) in [6.45, 7) is 2.85. The van der Waals surface area contributed by atoms with Crippen LogP contribution in [0.25, 0.3) is 16.9 Å². The summed E-state index contributed by atoms with van der Waals surface area (Å²) in [4.78, 5) is 17.9. The van der Waals surface area contributed by atoms with Gasteiger partial charge >= 0.3 is 0 Å². The zero-order chi connectivity index (χ0) is 20.7. The monoisotopic (exact) mass is 483 g/mol. The summed E-state index contributed by atoms with van der Waals surface area (Å²) in [7, 11) is 0. The Labute approximate surface area is 179 Å². The van der Waals surface area contributed by atoms with Crippen LogP contribution in [0.15, 0.2) is 34.9 Å². The molecule has 1 aliphatic heterocycles. The van der Waals surface area contributed by atoms with E-state index in [-0.39, 0.29) is 23.3 Å². The number of halogens is 4. The number of nitrogens with zero attached hydrogens (tertiary/aromatic N) is 3. The van der Waals surface area contributed by atoms with E-state index in [1.165, 1.54) is 19.1 Å². The highest BCUT2D eigenvalue weighted by Gasteiger charge is 2.27. The Hall–Kier alpha value is -2.03. The van der Waals surface area contributed by atoms with Crippen molar-refractivity contribution in [2.24, 2.45) is 0 Å². The van der Waals surface area contributed by atoms with Crippen molar-refractivity contribution in [3.8, 4) is 11.3 Å². The maximum atomic E-state index is 14.7. The number of fused-ring (bicyclic) bond motifs is 1. The molecule has 1 saturated heterocycles. The fourth-order valence-electron chi connectivity index (χ4n) is 3.58. The molecule has 0 saturated carbocycles. The van der Waals surface area contributed by atoms with E-state index >= 15 is 0 Å². The molecule has 0 N–H and O–H groups in total. The van der Waals surface area contributed by atoms with Gasteiger partial charge in [-0.2, -0.15) is 0 Å². The molecule has 0 spiro atoms. The highest BCUT2D eigenvalue weighted by Crippen LogP contribution is 2.33. The average Bonchev–Trinajstić information content (AvgIpc) is 2.98. The maximum Gasteiger partial charge on any atom is 0.219 e. The molecule has 0 bridgehead atoms. The highest BCUT2D eigenvalue weighted by molar-refractivity contribution is 9.10. The van der Waals surface area contributed by atoms with E-state index in [1.54, 1.807) is 27.6 Å². The van der Waals surface area contributed by atoms with Gasteiger partial charge in [0, 0.05) is 48.2 Å². The summed E-state index contributed by atoms with van der Waals surface area (Å²) in [5.41, 5.74) is 1.05. The lowest BCUT2D eigenvalue weighted by atomic mass is 10.0. The van der Waals surface area contributed by atoms with Crippen LogP contribution in [0.5, 0.6) is 0 Å². The molecule has 29 heavy (non-hydrogen) atoms. The highest BCUT2D eigenvalue weighted by atomic mass is 79.9. The molecule has 1 fully saturated rings. The van der Waals surface area contributed by atoms with Crippen molar-refractivity contribution in [1.82, 2.24) is 14.3 Å². The maximum absolute atomic E-state index is 14.7. The summed E-state index contributed by atoms with van der Waals surface area (Å²) >= 11 is 9.18. The van der Waals surface area contributed by atoms with Crippen LogP contribution < -0.4 is 0 Å². The van der Waals surface area contributed by atoms with Gasteiger partial charge in [0.2, 0.25) is 5.91 Å². The van der Waals surface area contributed by atoms with Gasteiger partial charge in [-0.1, -0.05) is 27.5 Å². The molecule has 3 aromatic rings. The van der Waals surface area contributed by atoms with Gasteiger partial charge in [-0.3, -0.25) is 4.79 Å².